The number of amides is 1. The molecule has 98 valence electrons. The van der Waals surface area contributed by atoms with Gasteiger partial charge in [0.2, 0.25) is 0 Å². The smallest absolute Gasteiger partial charge is 0.310 e. The van der Waals surface area contributed by atoms with Crippen molar-refractivity contribution in [2.75, 3.05) is 6.54 Å². The summed E-state index contributed by atoms with van der Waals surface area (Å²) in [6.45, 7) is 7.11. The lowest BCUT2D eigenvalue weighted by Gasteiger charge is -2.19. The predicted molar refractivity (Wildman–Crippen MR) is 69.7 cm³/mol. The van der Waals surface area contributed by atoms with Crippen LogP contribution in [-0.2, 0) is 4.79 Å². The number of hydrogen-bond donors (Lipinski definition) is 2. The number of rotatable bonds is 4. The van der Waals surface area contributed by atoms with E-state index in [0.29, 0.717) is 5.56 Å². The third kappa shape index (κ3) is 3.58. The van der Waals surface area contributed by atoms with Gasteiger partial charge in [0.25, 0.3) is 5.91 Å². The van der Waals surface area contributed by atoms with E-state index in [9.17, 15) is 9.59 Å². The Bertz CT molecular complexity index is 458. The van der Waals surface area contributed by atoms with Gasteiger partial charge in [-0.3, -0.25) is 9.59 Å². The maximum atomic E-state index is 11.9. The normalized spacial score (nSPS) is 11.1. The first-order valence-electron chi connectivity index (χ1n) is 5.82. The van der Waals surface area contributed by atoms with Crippen LogP contribution in [0.2, 0.25) is 0 Å². The van der Waals surface area contributed by atoms with Crippen molar-refractivity contribution in [1.82, 2.24) is 5.32 Å². The molecule has 4 heteroatoms. The number of carboxylic acid groups (broad SMARTS) is 1. The van der Waals surface area contributed by atoms with Gasteiger partial charge >= 0.3 is 5.97 Å². The van der Waals surface area contributed by atoms with E-state index < -0.39 is 11.4 Å². The average molecular weight is 249 g/mol. The fraction of sp³-hybridized carbons (Fsp3) is 0.429. The Morgan fingerprint density at radius 3 is 2.11 bits per heavy atom. The number of benzene rings is 1. The molecule has 0 aliphatic carbocycles. The first-order chi connectivity index (χ1) is 8.22. The standard InChI is InChI=1S/C14H19NO3/c1-9-5-10(2)7-11(6-9)12(16)15-8-14(3,4)13(17)18/h5-7H,8H2,1-4H3,(H,15,16)(H,17,18). The fourth-order valence-electron chi connectivity index (χ4n) is 1.58. The highest BCUT2D eigenvalue weighted by Crippen LogP contribution is 2.14. The topological polar surface area (TPSA) is 66.4 Å². The zero-order valence-electron chi connectivity index (χ0n) is 11.2. The largest absolute Gasteiger partial charge is 0.481 e. The molecule has 0 unspecified atom stereocenters. The molecule has 0 bridgehead atoms. The van der Waals surface area contributed by atoms with Gasteiger partial charge in [0.05, 0.1) is 5.41 Å². The Kier molecular flexibility index (Phi) is 4.11. The molecule has 0 heterocycles. The van der Waals surface area contributed by atoms with E-state index in [1.54, 1.807) is 26.0 Å². The van der Waals surface area contributed by atoms with Crippen molar-refractivity contribution in [1.29, 1.82) is 0 Å². The average Bonchev–Trinajstić information content (AvgIpc) is 2.24. The molecule has 1 amide bonds. The molecule has 1 rings (SSSR count). The minimum Gasteiger partial charge on any atom is -0.481 e. The Balaban J connectivity index is 2.75. The van der Waals surface area contributed by atoms with Crippen LogP contribution in [-0.4, -0.2) is 23.5 Å². The molecular weight excluding hydrogens is 230 g/mol. The summed E-state index contributed by atoms with van der Waals surface area (Å²) >= 11 is 0. The number of carbonyl (C=O) groups is 2. The minimum absolute atomic E-state index is 0.105. The van der Waals surface area contributed by atoms with E-state index >= 15 is 0 Å². The molecule has 0 atom stereocenters. The molecule has 0 saturated carbocycles. The van der Waals surface area contributed by atoms with Crippen molar-refractivity contribution in [3.63, 3.8) is 0 Å². The van der Waals surface area contributed by atoms with E-state index in [1.165, 1.54) is 0 Å². The van der Waals surface area contributed by atoms with Crippen LogP contribution in [0.25, 0.3) is 0 Å². The monoisotopic (exact) mass is 249 g/mol. The third-order valence-electron chi connectivity index (χ3n) is 2.75. The quantitative estimate of drug-likeness (QED) is 0.859. The van der Waals surface area contributed by atoms with Gasteiger partial charge in [-0.05, 0) is 39.8 Å². The maximum Gasteiger partial charge on any atom is 0.310 e. The van der Waals surface area contributed by atoms with E-state index in [-0.39, 0.29) is 12.5 Å². The molecule has 1 aromatic rings. The number of nitrogens with one attached hydrogen (secondary N) is 1. The molecule has 0 saturated heterocycles. The molecule has 2 N–H and O–H groups in total. The van der Waals surface area contributed by atoms with Crippen molar-refractivity contribution < 1.29 is 14.7 Å². The third-order valence-corrected chi connectivity index (χ3v) is 2.75. The second kappa shape index (κ2) is 5.21. The first-order valence-corrected chi connectivity index (χ1v) is 5.82. The molecule has 0 aromatic heterocycles. The van der Waals surface area contributed by atoms with E-state index in [0.717, 1.165) is 11.1 Å². The number of carboxylic acids is 1. The van der Waals surface area contributed by atoms with Gasteiger partial charge in [0.1, 0.15) is 0 Å². The van der Waals surface area contributed by atoms with E-state index in [4.69, 9.17) is 5.11 Å². The highest BCUT2D eigenvalue weighted by atomic mass is 16.4. The van der Waals surface area contributed by atoms with Crippen LogP contribution < -0.4 is 5.32 Å². The van der Waals surface area contributed by atoms with Crippen LogP contribution in [0.15, 0.2) is 18.2 Å². The Labute approximate surface area is 107 Å². The van der Waals surface area contributed by atoms with Gasteiger partial charge in [0, 0.05) is 12.1 Å². The summed E-state index contributed by atoms with van der Waals surface area (Å²) < 4.78 is 0. The molecule has 1 aromatic carbocycles. The van der Waals surface area contributed by atoms with Gasteiger partial charge in [-0.2, -0.15) is 0 Å². The molecule has 0 aliphatic heterocycles. The van der Waals surface area contributed by atoms with Crippen LogP contribution in [0, 0.1) is 19.3 Å². The van der Waals surface area contributed by atoms with Crippen molar-refractivity contribution in [3.05, 3.63) is 34.9 Å². The summed E-state index contributed by atoms with van der Waals surface area (Å²) in [6.07, 6.45) is 0. The Morgan fingerprint density at radius 1 is 1.17 bits per heavy atom. The van der Waals surface area contributed by atoms with Crippen LogP contribution in [0.4, 0.5) is 0 Å². The summed E-state index contributed by atoms with van der Waals surface area (Å²) in [6, 6.07) is 5.56. The van der Waals surface area contributed by atoms with Crippen LogP contribution in [0.3, 0.4) is 0 Å². The predicted octanol–water partition coefficient (Wildman–Crippen LogP) is 2.14. The van der Waals surface area contributed by atoms with Gasteiger partial charge in [-0.25, -0.2) is 0 Å². The number of carbonyl (C=O) groups excluding carboxylic acids is 1. The van der Waals surface area contributed by atoms with Gasteiger partial charge in [0.15, 0.2) is 0 Å². The first kappa shape index (κ1) is 14.2. The van der Waals surface area contributed by atoms with Gasteiger partial charge in [-0.15, -0.1) is 0 Å². The highest BCUT2D eigenvalue weighted by molar-refractivity contribution is 5.94. The van der Waals surface area contributed by atoms with Crippen molar-refractivity contribution in [2.45, 2.75) is 27.7 Å². The Morgan fingerprint density at radius 2 is 1.67 bits per heavy atom. The maximum absolute atomic E-state index is 11.9. The lowest BCUT2D eigenvalue weighted by atomic mass is 9.94. The molecule has 18 heavy (non-hydrogen) atoms. The highest BCUT2D eigenvalue weighted by Gasteiger charge is 2.27. The summed E-state index contributed by atoms with van der Waals surface area (Å²) in [7, 11) is 0. The molecule has 0 fully saturated rings. The lowest BCUT2D eigenvalue weighted by Crippen LogP contribution is -2.38. The fourth-order valence-corrected chi connectivity index (χ4v) is 1.58. The van der Waals surface area contributed by atoms with Crippen molar-refractivity contribution >= 4 is 11.9 Å². The van der Waals surface area contributed by atoms with Gasteiger partial charge in [-0.1, -0.05) is 17.2 Å². The van der Waals surface area contributed by atoms with Crippen LogP contribution >= 0.6 is 0 Å². The minimum atomic E-state index is -0.964. The summed E-state index contributed by atoms with van der Waals surface area (Å²) in [5.41, 5.74) is 1.62. The molecular formula is C14H19NO3. The number of aliphatic carboxylic acids is 1. The second-order valence-electron chi connectivity index (χ2n) is 5.25. The van der Waals surface area contributed by atoms with E-state index in [1.807, 2.05) is 19.9 Å². The number of aryl methyl sites for hydroxylation is 2. The zero-order valence-corrected chi connectivity index (χ0v) is 11.2. The van der Waals surface area contributed by atoms with E-state index in [2.05, 4.69) is 5.32 Å². The lowest BCUT2D eigenvalue weighted by molar-refractivity contribution is -0.146. The summed E-state index contributed by atoms with van der Waals surface area (Å²) in [5.74, 6) is -1.17. The number of hydrogen-bond acceptors (Lipinski definition) is 2. The Hall–Kier alpha value is -1.84. The second-order valence-corrected chi connectivity index (χ2v) is 5.25. The zero-order chi connectivity index (χ0) is 13.9. The SMILES string of the molecule is Cc1cc(C)cc(C(=O)NCC(C)(C)C(=O)O)c1. The molecule has 4 nitrogen and oxygen atoms in total. The molecule has 0 spiro atoms. The summed E-state index contributed by atoms with van der Waals surface area (Å²) in [4.78, 5) is 22.8. The molecule has 0 radical (unpaired) electrons. The molecule has 0 aliphatic rings. The van der Waals surface area contributed by atoms with Crippen molar-refractivity contribution in [3.8, 4) is 0 Å². The van der Waals surface area contributed by atoms with Gasteiger partial charge < -0.3 is 10.4 Å². The van der Waals surface area contributed by atoms with Crippen LogP contribution in [0.5, 0.6) is 0 Å². The van der Waals surface area contributed by atoms with Crippen molar-refractivity contribution in [2.24, 2.45) is 5.41 Å². The van der Waals surface area contributed by atoms with Crippen LogP contribution in [0.1, 0.15) is 35.3 Å². The summed E-state index contributed by atoms with van der Waals surface area (Å²) in [5, 5.41) is 11.6.